The van der Waals surface area contributed by atoms with Crippen LogP contribution in [-0.4, -0.2) is 63.7 Å². The molecule has 0 bridgehead atoms. The van der Waals surface area contributed by atoms with Gasteiger partial charge in [0, 0.05) is 73.2 Å². The summed E-state index contributed by atoms with van der Waals surface area (Å²) < 4.78 is 32.0. The zero-order chi connectivity index (χ0) is 26.9. The Hall–Kier alpha value is -3.89. The first-order valence-electron chi connectivity index (χ1n) is 12.8. The highest BCUT2D eigenvalue weighted by atomic mass is 19.3. The molecular weight excluding hydrogens is 494 g/mol. The van der Waals surface area contributed by atoms with Gasteiger partial charge in [-0.2, -0.15) is 0 Å². The van der Waals surface area contributed by atoms with Crippen LogP contribution in [-0.2, 0) is 16.1 Å². The lowest BCUT2D eigenvalue weighted by atomic mass is 9.85. The van der Waals surface area contributed by atoms with Gasteiger partial charge in [0.25, 0.3) is 0 Å². The van der Waals surface area contributed by atoms with Gasteiger partial charge in [0.2, 0.25) is 11.8 Å². The number of primary amides is 1. The Morgan fingerprint density at radius 3 is 2.50 bits per heavy atom. The predicted octanol–water partition coefficient (Wildman–Crippen LogP) is 4.15. The highest BCUT2D eigenvalue weighted by Crippen LogP contribution is 2.38. The van der Waals surface area contributed by atoms with Crippen molar-refractivity contribution in [3.63, 3.8) is 0 Å². The van der Waals surface area contributed by atoms with Gasteiger partial charge < -0.3 is 20.3 Å². The summed E-state index contributed by atoms with van der Waals surface area (Å²) in [6.07, 6.45) is 2.68. The summed E-state index contributed by atoms with van der Waals surface area (Å²) in [4.78, 5) is 32.2. The molecule has 1 aromatic carbocycles. The van der Waals surface area contributed by atoms with Crippen molar-refractivity contribution in [2.24, 2.45) is 11.7 Å². The molecule has 5 rings (SSSR count). The number of nitrogens with two attached hydrogens (primary N) is 1. The van der Waals surface area contributed by atoms with Crippen molar-refractivity contribution in [1.82, 2.24) is 20.1 Å². The summed E-state index contributed by atoms with van der Waals surface area (Å²) in [5.41, 5.74) is 7.39. The van der Waals surface area contributed by atoms with Crippen LogP contribution in [0, 0.1) is 5.92 Å². The van der Waals surface area contributed by atoms with E-state index >= 15 is 0 Å². The van der Waals surface area contributed by atoms with Crippen molar-refractivity contribution in [2.75, 3.05) is 24.5 Å². The third-order valence-electron chi connectivity index (χ3n) is 7.45. The summed E-state index contributed by atoms with van der Waals surface area (Å²) in [5, 5.41) is 10.8. The fourth-order valence-corrected chi connectivity index (χ4v) is 5.34. The molecule has 0 spiro atoms. The predicted molar refractivity (Wildman–Crippen MR) is 137 cm³/mol. The average Bonchev–Trinajstić information content (AvgIpc) is 2.91. The molecule has 0 radical (unpaired) electrons. The molecule has 1 aliphatic carbocycles. The van der Waals surface area contributed by atoms with Crippen LogP contribution >= 0.6 is 0 Å². The van der Waals surface area contributed by atoms with Crippen LogP contribution in [0.15, 0.2) is 42.7 Å². The Morgan fingerprint density at radius 2 is 1.82 bits per heavy atom. The molecule has 38 heavy (non-hydrogen) atoms. The van der Waals surface area contributed by atoms with E-state index in [1.165, 1.54) is 0 Å². The Kier molecular flexibility index (Phi) is 7.09. The molecule has 2 fully saturated rings. The number of pyridine rings is 1. The molecule has 1 aliphatic heterocycles. The maximum absolute atomic E-state index is 13.6. The molecule has 11 heteroatoms. The van der Waals surface area contributed by atoms with Crippen LogP contribution in [0.25, 0.3) is 22.0 Å². The fraction of sp³-hybridized carbons (Fsp3) is 0.444. The number of amides is 2. The topological polar surface area (TPSA) is 115 Å². The van der Waals surface area contributed by atoms with Gasteiger partial charge in [-0.1, -0.05) is 24.3 Å². The monoisotopic (exact) mass is 524 g/mol. The smallest absolute Gasteiger partial charge is 0.404 e. The number of benzene rings is 1. The summed E-state index contributed by atoms with van der Waals surface area (Å²) in [6, 6.07) is 9.25. The minimum atomic E-state index is -2.65. The van der Waals surface area contributed by atoms with Crippen molar-refractivity contribution in [3.8, 4) is 11.3 Å². The number of ether oxygens (including phenoxy) is 1. The number of halogens is 2. The number of hydrogen-bond donors (Lipinski definition) is 1. The maximum Gasteiger partial charge on any atom is 0.404 e. The molecule has 2 aromatic heterocycles. The molecule has 0 unspecified atom stereocenters. The standard InChI is InChI=1S/C27H30F2N6O3/c1-17-15-34(12-13-35(17)25(36)20-6-9-27(28,29)10-7-20)24-22-14-31-11-8-21(22)23(32-33-24)19-4-2-18(3-5-19)16-38-26(30)37/h2-5,8,11,14,17,20H,6-7,9-10,12-13,15-16H2,1H3,(H2,30,37)/t17-/m0/s1. The van der Waals surface area contributed by atoms with Crippen LogP contribution in [0.5, 0.6) is 0 Å². The van der Waals surface area contributed by atoms with E-state index in [-0.39, 0.29) is 50.2 Å². The normalized spacial score (nSPS) is 19.9. The Bertz CT molecular complexity index is 1330. The zero-order valence-electron chi connectivity index (χ0n) is 21.1. The van der Waals surface area contributed by atoms with E-state index in [4.69, 9.17) is 10.5 Å². The molecule has 2 amide bonds. The summed E-state index contributed by atoms with van der Waals surface area (Å²) in [7, 11) is 0. The highest BCUT2D eigenvalue weighted by Gasteiger charge is 2.40. The second-order valence-corrected chi connectivity index (χ2v) is 10.1. The van der Waals surface area contributed by atoms with Crippen molar-refractivity contribution in [1.29, 1.82) is 0 Å². The minimum absolute atomic E-state index is 0.0229. The van der Waals surface area contributed by atoms with Gasteiger partial charge in [0.15, 0.2) is 5.82 Å². The second-order valence-electron chi connectivity index (χ2n) is 10.1. The lowest BCUT2D eigenvalue weighted by molar-refractivity contribution is -0.142. The third-order valence-corrected chi connectivity index (χ3v) is 7.45. The van der Waals surface area contributed by atoms with Gasteiger partial charge in [0.05, 0.1) is 0 Å². The first-order chi connectivity index (χ1) is 18.2. The van der Waals surface area contributed by atoms with Crippen LogP contribution in [0.4, 0.5) is 19.4 Å². The fourth-order valence-electron chi connectivity index (χ4n) is 5.34. The van der Waals surface area contributed by atoms with Gasteiger partial charge in [-0.05, 0) is 31.4 Å². The number of carbonyl (C=O) groups is 2. The zero-order valence-corrected chi connectivity index (χ0v) is 21.1. The van der Waals surface area contributed by atoms with Crippen molar-refractivity contribution in [3.05, 3.63) is 48.3 Å². The number of fused-ring (bicyclic) bond motifs is 1. The molecule has 3 aromatic rings. The van der Waals surface area contributed by atoms with E-state index < -0.39 is 12.0 Å². The number of nitrogens with zero attached hydrogens (tertiary/aromatic N) is 5. The number of hydrogen-bond acceptors (Lipinski definition) is 7. The number of anilines is 1. The van der Waals surface area contributed by atoms with E-state index in [1.807, 2.05) is 42.2 Å². The van der Waals surface area contributed by atoms with Crippen LogP contribution in [0.1, 0.15) is 38.2 Å². The Balaban J connectivity index is 1.33. The van der Waals surface area contributed by atoms with Gasteiger partial charge in [-0.15, -0.1) is 10.2 Å². The Labute approximate surface area is 219 Å². The van der Waals surface area contributed by atoms with Crippen LogP contribution in [0.3, 0.4) is 0 Å². The second kappa shape index (κ2) is 10.5. The van der Waals surface area contributed by atoms with E-state index in [0.717, 1.165) is 21.9 Å². The molecule has 200 valence electrons. The quantitative estimate of drug-likeness (QED) is 0.533. The van der Waals surface area contributed by atoms with Crippen LogP contribution in [0.2, 0.25) is 0 Å². The van der Waals surface area contributed by atoms with E-state index in [2.05, 4.69) is 20.1 Å². The number of piperazine rings is 1. The molecule has 9 nitrogen and oxygen atoms in total. The van der Waals surface area contributed by atoms with Gasteiger partial charge in [-0.3, -0.25) is 9.78 Å². The molecule has 2 aliphatic rings. The molecule has 3 heterocycles. The number of rotatable bonds is 5. The number of aromatic nitrogens is 3. The van der Waals surface area contributed by atoms with Crippen molar-refractivity contribution >= 4 is 28.6 Å². The van der Waals surface area contributed by atoms with Crippen LogP contribution < -0.4 is 10.6 Å². The lowest BCUT2D eigenvalue weighted by Gasteiger charge is -2.42. The van der Waals surface area contributed by atoms with Gasteiger partial charge in [0.1, 0.15) is 12.3 Å². The number of alkyl halides is 2. The highest BCUT2D eigenvalue weighted by molar-refractivity contribution is 5.99. The van der Waals surface area contributed by atoms with E-state index in [1.54, 1.807) is 12.4 Å². The molecule has 1 saturated heterocycles. The van der Waals surface area contributed by atoms with Gasteiger partial charge >= 0.3 is 6.09 Å². The molecule has 1 atom stereocenters. The third kappa shape index (κ3) is 5.36. The van der Waals surface area contributed by atoms with Gasteiger partial charge in [-0.25, -0.2) is 13.6 Å². The minimum Gasteiger partial charge on any atom is -0.445 e. The Morgan fingerprint density at radius 1 is 1.08 bits per heavy atom. The summed E-state index contributed by atoms with van der Waals surface area (Å²) in [5.74, 6) is -2.31. The molecular formula is C27H30F2N6O3. The summed E-state index contributed by atoms with van der Waals surface area (Å²) >= 11 is 0. The maximum atomic E-state index is 13.6. The van der Waals surface area contributed by atoms with E-state index in [9.17, 15) is 18.4 Å². The van der Waals surface area contributed by atoms with E-state index in [0.29, 0.717) is 31.1 Å². The largest absolute Gasteiger partial charge is 0.445 e. The van der Waals surface area contributed by atoms with Crippen molar-refractivity contribution in [2.45, 2.75) is 51.2 Å². The number of carbonyl (C=O) groups excluding carboxylic acids is 2. The SMILES string of the molecule is C[C@H]1CN(c2nnc(-c3ccc(COC(N)=O)cc3)c3ccncc23)CCN1C(=O)C1CCC(F)(F)CC1. The molecule has 1 saturated carbocycles. The van der Waals surface area contributed by atoms with Crippen molar-refractivity contribution < 1.29 is 23.1 Å². The summed E-state index contributed by atoms with van der Waals surface area (Å²) in [6.45, 7) is 3.68. The average molecular weight is 525 g/mol. The first kappa shape index (κ1) is 25.7. The lowest BCUT2D eigenvalue weighted by Crippen LogP contribution is -2.56. The first-order valence-corrected chi connectivity index (χ1v) is 12.8. The molecule has 2 N–H and O–H groups in total.